The zero-order chi connectivity index (χ0) is 12.5. The van der Waals surface area contributed by atoms with Gasteiger partial charge in [-0.15, -0.1) is 0 Å². The molecule has 0 aliphatic carbocycles. The number of hydrogen-bond acceptors (Lipinski definition) is 2. The number of nitrogens with zero attached hydrogens (tertiary/aromatic N) is 1. The van der Waals surface area contributed by atoms with E-state index in [0.29, 0.717) is 21.2 Å². The molecular formula is C13H11Cl2NO. The Balaban J connectivity index is 2.48. The quantitative estimate of drug-likeness (QED) is 0.901. The van der Waals surface area contributed by atoms with Crippen molar-refractivity contribution in [2.24, 2.45) is 0 Å². The van der Waals surface area contributed by atoms with E-state index in [2.05, 4.69) is 4.98 Å². The van der Waals surface area contributed by atoms with Gasteiger partial charge in [0.1, 0.15) is 5.60 Å². The first-order valence-corrected chi connectivity index (χ1v) is 5.86. The number of rotatable bonds is 2. The molecule has 4 heteroatoms. The van der Waals surface area contributed by atoms with Gasteiger partial charge in [-0.1, -0.05) is 35.3 Å². The Morgan fingerprint density at radius 1 is 1.12 bits per heavy atom. The Morgan fingerprint density at radius 2 is 1.88 bits per heavy atom. The predicted molar refractivity (Wildman–Crippen MR) is 69.4 cm³/mol. The van der Waals surface area contributed by atoms with Gasteiger partial charge in [-0.2, -0.15) is 0 Å². The lowest BCUT2D eigenvalue weighted by Gasteiger charge is -2.24. The van der Waals surface area contributed by atoms with E-state index in [1.54, 1.807) is 43.6 Å². The van der Waals surface area contributed by atoms with E-state index in [1.165, 1.54) is 0 Å². The van der Waals surface area contributed by atoms with Gasteiger partial charge in [0, 0.05) is 18.0 Å². The molecule has 0 amide bonds. The van der Waals surface area contributed by atoms with Gasteiger partial charge < -0.3 is 5.11 Å². The van der Waals surface area contributed by atoms with E-state index < -0.39 is 5.60 Å². The van der Waals surface area contributed by atoms with Crippen molar-refractivity contribution in [3.8, 4) is 0 Å². The van der Waals surface area contributed by atoms with Crippen LogP contribution >= 0.6 is 23.2 Å². The highest BCUT2D eigenvalue weighted by molar-refractivity contribution is 6.42. The van der Waals surface area contributed by atoms with E-state index in [1.807, 2.05) is 6.07 Å². The van der Waals surface area contributed by atoms with Crippen LogP contribution in [0.4, 0.5) is 0 Å². The summed E-state index contributed by atoms with van der Waals surface area (Å²) < 4.78 is 0. The van der Waals surface area contributed by atoms with Crippen molar-refractivity contribution in [1.29, 1.82) is 0 Å². The average molecular weight is 268 g/mol. The third-order valence-corrected chi connectivity index (χ3v) is 3.44. The average Bonchev–Trinajstić information content (AvgIpc) is 2.33. The smallest absolute Gasteiger partial charge is 0.113 e. The summed E-state index contributed by atoms with van der Waals surface area (Å²) in [4.78, 5) is 4.00. The topological polar surface area (TPSA) is 33.1 Å². The van der Waals surface area contributed by atoms with Crippen LogP contribution in [0.25, 0.3) is 0 Å². The molecule has 0 radical (unpaired) electrons. The van der Waals surface area contributed by atoms with E-state index in [4.69, 9.17) is 23.2 Å². The molecule has 1 aromatic carbocycles. The van der Waals surface area contributed by atoms with Crippen LogP contribution in [0.2, 0.25) is 10.0 Å². The monoisotopic (exact) mass is 267 g/mol. The molecule has 0 aliphatic heterocycles. The molecule has 0 saturated carbocycles. The van der Waals surface area contributed by atoms with Crippen LogP contribution in [-0.4, -0.2) is 10.1 Å². The minimum atomic E-state index is -1.14. The van der Waals surface area contributed by atoms with Gasteiger partial charge in [0.15, 0.2) is 0 Å². The summed E-state index contributed by atoms with van der Waals surface area (Å²) in [7, 11) is 0. The van der Waals surface area contributed by atoms with Crippen LogP contribution in [0.5, 0.6) is 0 Å². The van der Waals surface area contributed by atoms with E-state index in [9.17, 15) is 5.11 Å². The number of hydrogen-bond donors (Lipinski definition) is 1. The van der Waals surface area contributed by atoms with Gasteiger partial charge in [-0.25, -0.2) is 0 Å². The Morgan fingerprint density at radius 3 is 2.47 bits per heavy atom. The fraction of sp³-hybridized carbons (Fsp3) is 0.154. The second kappa shape index (κ2) is 4.65. The highest BCUT2D eigenvalue weighted by Gasteiger charge is 2.26. The van der Waals surface area contributed by atoms with E-state index in [-0.39, 0.29) is 0 Å². The lowest BCUT2D eigenvalue weighted by molar-refractivity contribution is 0.102. The molecule has 88 valence electrons. The van der Waals surface area contributed by atoms with Crippen molar-refractivity contribution >= 4 is 23.2 Å². The molecule has 2 aromatic rings. The zero-order valence-corrected chi connectivity index (χ0v) is 10.7. The maximum atomic E-state index is 10.5. The molecule has 1 unspecified atom stereocenters. The molecule has 2 rings (SSSR count). The largest absolute Gasteiger partial charge is 0.381 e. The Bertz CT molecular complexity index is 526. The fourth-order valence-electron chi connectivity index (χ4n) is 1.62. The van der Waals surface area contributed by atoms with Crippen molar-refractivity contribution in [2.75, 3.05) is 0 Å². The van der Waals surface area contributed by atoms with Crippen molar-refractivity contribution in [1.82, 2.24) is 4.98 Å². The summed E-state index contributed by atoms with van der Waals surface area (Å²) in [6.45, 7) is 1.70. The molecule has 1 atom stereocenters. The lowest BCUT2D eigenvalue weighted by Crippen LogP contribution is -2.22. The zero-order valence-electron chi connectivity index (χ0n) is 9.19. The number of pyridine rings is 1. The van der Waals surface area contributed by atoms with Crippen LogP contribution in [0.1, 0.15) is 18.1 Å². The molecule has 0 bridgehead atoms. The third kappa shape index (κ3) is 2.44. The molecule has 1 heterocycles. The van der Waals surface area contributed by atoms with Crippen LogP contribution in [0, 0.1) is 0 Å². The van der Waals surface area contributed by atoms with Crippen molar-refractivity contribution in [3.63, 3.8) is 0 Å². The van der Waals surface area contributed by atoms with Gasteiger partial charge in [0.05, 0.1) is 10.0 Å². The molecule has 0 spiro atoms. The third-order valence-electron chi connectivity index (χ3n) is 2.71. The van der Waals surface area contributed by atoms with Gasteiger partial charge >= 0.3 is 0 Å². The van der Waals surface area contributed by atoms with Crippen LogP contribution < -0.4 is 0 Å². The summed E-state index contributed by atoms with van der Waals surface area (Å²) >= 11 is 11.8. The molecule has 17 heavy (non-hydrogen) atoms. The molecule has 0 saturated heterocycles. The molecular weight excluding hydrogens is 257 g/mol. The number of halogens is 2. The van der Waals surface area contributed by atoms with Crippen molar-refractivity contribution in [3.05, 3.63) is 63.9 Å². The summed E-state index contributed by atoms with van der Waals surface area (Å²) in [5.41, 5.74) is 0.251. The molecule has 1 aromatic heterocycles. The second-order valence-corrected chi connectivity index (χ2v) is 4.76. The minimum absolute atomic E-state index is 0.424. The maximum Gasteiger partial charge on any atom is 0.113 e. The molecule has 0 aliphatic rings. The van der Waals surface area contributed by atoms with Crippen LogP contribution in [-0.2, 0) is 5.60 Å². The number of aromatic nitrogens is 1. The summed E-state index contributed by atoms with van der Waals surface area (Å²) in [5.74, 6) is 0. The van der Waals surface area contributed by atoms with Crippen LogP contribution in [0.3, 0.4) is 0 Å². The normalized spacial score (nSPS) is 14.4. The van der Waals surface area contributed by atoms with Crippen molar-refractivity contribution < 1.29 is 5.11 Å². The SMILES string of the molecule is CC(O)(c1cccnc1)c1ccc(Cl)c(Cl)c1. The predicted octanol–water partition coefficient (Wildman–Crippen LogP) is 3.64. The van der Waals surface area contributed by atoms with Gasteiger partial charge in [-0.05, 0) is 30.7 Å². The standard InChI is InChI=1S/C13H11Cl2NO/c1-13(17,10-3-2-6-16-8-10)9-4-5-11(14)12(15)7-9/h2-8,17H,1H3. The Hall–Kier alpha value is -1.09. The molecule has 0 fully saturated rings. The minimum Gasteiger partial charge on any atom is -0.381 e. The Labute approximate surface area is 110 Å². The Kier molecular flexibility index (Phi) is 3.38. The summed E-state index contributed by atoms with van der Waals surface area (Å²) in [5, 5.41) is 11.4. The summed E-state index contributed by atoms with van der Waals surface area (Å²) in [6, 6.07) is 8.68. The van der Waals surface area contributed by atoms with E-state index in [0.717, 1.165) is 0 Å². The first kappa shape index (κ1) is 12.4. The highest BCUT2D eigenvalue weighted by Crippen LogP contribution is 2.32. The maximum absolute atomic E-state index is 10.5. The molecule has 2 nitrogen and oxygen atoms in total. The first-order valence-electron chi connectivity index (χ1n) is 5.10. The number of benzene rings is 1. The van der Waals surface area contributed by atoms with Crippen molar-refractivity contribution in [2.45, 2.75) is 12.5 Å². The summed E-state index contributed by atoms with van der Waals surface area (Å²) in [6.07, 6.45) is 3.29. The fourth-order valence-corrected chi connectivity index (χ4v) is 1.91. The number of aliphatic hydroxyl groups is 1. The highest BCUT2D eigenvalue weighted by atomic mass is 35.5. The molecule has 1 N–H and O–H groups in total. The van der Waals surface area contributed by atoms with Gasteiger partial charge in [0.2, 0.25) is 0 Å². The van der Waals surface area contributed by atoms with Crippen LogP contribution in [0.15, 0.2) is 42.7 Å². The first-order chi connectivity index (χ1) is 8.01. The van der Waals surface area contributed by atoms with Gasteiger partial charge in [-0.3, -0.25) is 4.98 Å². The lowest BCUT2D eigenvalue weighted by atomic mass is 9.89. The van der Waals surface area contributed by atoms with Gasteiger partial charge in [0.25, 0.3) is 0 Å². The second-order valence-electron chi connectivity index (χ2n) is 3.94. The van der Waals surface area contributed by atoms with E-state index >= 15 is 0 Å².